The molecule has 0 aliphatic carbocycles. The fourth-order valence-electron chi connectivity index (χ4n) is 4.52. The number of amides is 1. The van der Waals surface area contributed by atoms with Gasteiger partial charge in [0.05, 0.1) is 52.6 Å². The number of nitrogens with one attached hydrogen (secondary N) is 1. The summed E-state index contributed by atoms with van der Waals surface area (Å²) < 4.78 is 5.87. The zero-order chi connectivity index (χ0) is 25.9. The molecule has 0 spiro atoms. The van der Waals surface area contributed by atoms with E-state index < -0.39 is 0 Å². The highest BCUT2D eigenvalue weighted by molar-refractivity contribution is 7.98. The van der Waals surface area contributed by atoms with Crippen LogP contribution in [0.3, 0.4) is 0 Å². The van der Waals surface area contributed by atoms with E-state index >= 15 is 0 Å². The molecule has 1 fully saturated rings. The van der Waals surface area contributed by atoms with Crippen LogP contribution in [-0.2, 0) is 11.3 Å². The number of rotatable bonds is 6. The predicted octanol–water partition coefficient (Wildman–Crippen LogP) is 4.66. The second-order valence-corrected chi connectivity index (χ2v) is 10.2. The molecule has 5 rings (SSSR count). The number of nitrogens with zero attached hydrogens (tertiary/aromatic N) is 5. The van der Waals surface area contributed by atoms with E-state index in [1.54, 1.807) is 24.2 Å². The van der Waals surface area contributed by atoms with Crippen molar-refractivity contribution in [2.24, 2.45) is 0 Å². The van der Waals surface area contributed by atoms with Crippen LogP contribution < -0.4 is 10.2 Å². The highest BCUT2D eigenvalue weighted by Crippen LogP contribution is 2.24. The molecule has 1 aliphatic heterocycles. The lowest BCUT2D eigenvalue weighted by molar-refractivity contribution is -0.00545. The van der Waals surface area contributed by atoms with E-state index in [2.05, 4.69) is 34.0 Å². The number of pyridine rings is 4. The summed E-state index contributed by atoms with van der Waals surface area (Å²) in [5.41, 5.74) is 4.59. The SMILES string of the molecule is CSc1cc(C(=O)NCc2cc3nc(-c4cccc(N5CC(C)OC(C)C5)n4)ccc3cn2)cnc1C. The van der Waals surface area contributed by atoms with Gasteiger partial charge in [0.2, 0.25) is 0 Å². The Morgan fingerprint density at radius 3 is 2.62 bits per heavy atom. The number of ether oxygens (including phenoxy) is 1. The first-order valence-corrected chi connectivity index (χ1v) is 13.5. The quantitative estimate of drug-likeness (QED) is 0.372. The second kappa shape index (κ2) is 10.8. The number of morpholine rings is 1. The molecule has 0 bridgehead atoms. The van der Waals surface area contributed by atoms with Crippen molar-refractivity contribution < 1.29 is 9.53 Å². The Bertz CT molecular complexity index is 1440. The molecule has 0 saturated carbocycles. The summed E-state index contributed by atoms with van der Waals surface area (Å²) in [4.78, 5) is 34.5. The first kappa shape index (κ1) is 25.1. The molecule has 2 unspecified atom stereocenters. The average Bonchev–Trinajstić information content (AvgIpc) is 2.91. The normalized spacial score (nSPS) is 17.7. The molecule has 1 aliphatic rings. The Morgan fingerprint density at radius 2 is 1.84 bits per heavy atom. The van der Waals surface area contributed by atoms with Gasteiger partial charge < -0.3 is 15.0 Å². The molecule has 37 heavy (non-hydrogen) atoms. The van der Waals surface area contributed by atoms with Crippen LogP contribution in [0.4, 0.5) is 5.82 Å². The Hall–Kier alpha value is -3.56. The van der Waals surface area contributed by atoms with Gasteiger partial charge in [0.25, 0.3) is 5.91 Å². The zero-order valence-corrected chi connectivity index (χ0v) is 22.2. The lowest BCUT2D eigenvalue weighted by atomic mass is 10.1. The lowest BCUT2D eigenvalue weighted by Crippen LogP contribution is -2.45. The summed E-state index contributed by atoms with van der Waals surface area (Å²) in [5, 5.41) is 3.87. The smallest absolute Gasteiger partial charge is 0.253 e. The van der Waals surface area contributed by atoms with Crippen LogP contribution in [0.5, 0.6) is 0 Å². The monoisotopic (exact) mass is 514 g/mol. The van der Waals surface area contributed by atoms with Crippen LogP contribution >= 0.6 is 11.8 Å². The van der Waals surface area contributed by atoms with Gasteiger partial charge in [0, 0.05) is 35.8 Å². The minimum absolute atomic E-state index is 0.161. The molecule has 5 heterocycles. The maximum atomic E-state index is 12.7. The van der Waals surface area contributed by atoms with Gasteiger partial charge in [-0.15, -0.1) is 11.8 Å². The molecule has 8 nitrogen and oxygen atoms in total. The molecule has 4 aromatic heterocycles. The number of hydrogen-bond acceptors (Lipinski definition) is 8. The number of aryl methyl sites for hydroxylation is 1. The van der Waals surface area contributed by atoms with Crippen LogP contribution in [0.1, 0.15) is 35.6 Å². The lowest BCUT2D eigenvalue weighted by Gasteiger charge is -2.36. The third-order valence-corrected chi connectivity index (χ3v) is 7.18. The van der Waals surface area contributed by atoms with Gasteiger partial charge in [-0.3, -0.25) is 14.8 Å². The summed E-state index contributed by atoms with van der Waals surface area (Å²) in [6, 6.07) is 13.8. The molecule has 2 atom stereocenters. The van der Waals surface area contributed by atoms with Crippen molar-refractivity contribution in [1.29, 1.82) is 0 Å². The van der Waals surface area contributed by atoms with Crippen molar-refractivity contribution in [2.45, 2.75) is 44.4 Å². The molecule has 4 aromatic rings. The number of hydrogen-bond donors (Lipinski definition) is 1. The fraction of sp³-hybridized carbons (Fsp3) is 0.321. The van der Waals surface area contributed by atoms with Crippen molar-refractivity contribution in [3.63, 3.8) is 0 Å². The Kier molecular flexibility index (Phi) is 7.34. The van der Waals surface area contributed by atoms with Crippen molar-refractivity contribution in [1.82, 2.24) is 25.3 Å². The van der Waals surface area contributed by atoms with E-state index in [1.165, 1.54) is 0 Å². The minimum Gasteiger partial charge on any atom is -0.372 e. The molecule has 0 aromatic carbocycles. The fourth-order valence-corrected chi connectivity index (χ4v) is 5.11. The van der Waals surface area contributed by atoms with Crippen LogP contribution in [0.25, 0.3) is 22.3 Å². The molecule has 1 saturated heterocycles. The minimum atomic E-state index is -0.181. The average molecular weight is 515 g/mol. The highest BCUT2D eigenvalue weighted by atomic mass is 32.2. The first-order valence-electron chi connectivity index (χ1n) is 12.3. The number of carbonyl (C=O) groups excluding carboxylic acids is 1. The van der Waals surface area contributed by atoms with Crippen LogP contribution in [0, 0.1) is 6.92 Å². The maximum absolute atomic E-state index is 12.7. The Labute approximate surface area is 220 Å². The third kappa shape index (κ3) is 5.73. The standard InChI is InChI=1S/C28H30N6O2S/c1-17-15-34(16-18(2)36-17)27-7-5-6-23(33-27)24-9-8-20-12-30-22(11-25(20)32-24)14-31-28(35)21-10-26(37-4)19(3)29-13-21/h5-13,17-18H,14-16H2,1-4H3,(H,31,35). The third-order valence-electron chi connectivity index (χ3n) is 6.32. The van der Waals surface area contributed by atoms with Crippen molar-refractivity contribution in [3.05, 3.63) is 71.8 Å². The first-order chi connectivity index (χ1) is 17.9. The van der Waals surface area contributed by atoms with Crippen LogP contribution in [-0.4, -0.2) is 57.4 Å². The van der Waals surface area contributed by atoms with Gasteiger partial charge in [-0.05, 0) is 63.4 Å². The van der Waals surface area contributed by atoms with Gasteiger partial charge in [-0.25, -0.2) is 9.97 Å². The van der Waals surface area contributed by atoms with Crippen molar-refractivity contribution in [3.8, 4) is 11.4 Å². The second-order valence-electron chi connectivity index (χ2n) is 9.30. The van der Waals surface area contributed by atoms with E-state index in [4.69, 9.17) is 14.7 Å². The Morgan fingerprint density at radius 1 is 1.05 bits per heavy atom. The van der Waals surface area contributed by atoms with Gasteiger partial charge in [-0.2, -0.15) is 0 Å². The van der Waals surface area contributed by atoms with E-state index in [-0.39, 0.29) is 18.1 Å². The Balaban J connectivity index is 1.34. The predicted molar refractivity (Wildman–Crippen MR) is 147 cm³/mol. The number of carbonyl (C=O) groups is 1. The largest absolute Gasteiger partial charge is 0.372 e. The molecule has 190 valence electrons. The van der Waals surface area contributed by atoms with Crippen LogP contribution in [0.15, 0.2) is 59.8 Å². The van der Waals surface area contributed by atoms with E-state index in [9.17, 15) is 4.79 Å². The van der Waals surface area contributed by atoms with Crippen molar-refractivity contribution in [2.75, 3.05) is 24.2 Å². The molecule has 1 amide bonds. The summed E-state index contributed by atoms with van der Waals surface area (Å²) in [6.45, 7) is 8.02. The highest BCUT2D eigenvalue weighted by Gasteiger charge is 2.23. The van der Waals surface area contributed by atoms with Crippen LogP contribution in [0.2, 0.25) is 0 Å². The number of fused-ring (bicyclic) bond motifs is 1. The molecule has 1 N–H and O–H groups in total. The molecule has 0 radical (unpaired) electrons. The number of anilines is 1. The summed E-state index contributed by atoms with van der Waals surface area (Å²) in [7, 11) is 0. The van der Waals surface area contributed by atoms with Gasteiger partial charge >= 0.3 is 0 Å². The van der Waals surface area contributed by atoms with Gasteiger partial charge in [-0.1, -0.05) is 6.07 Å². The molecular formula is C28H30N6O2S. The topological polar surface area (TPSA) is 93.1 Å². The van der Waals surface area contributed by atoms with E-state index in [0.29, 0.717) is 12.1 Å². The number of thioether (sulfide) groups is 1. The summed E-state index contributed by atoms with van der Waals surface area (Å²) in [6.07, 6.45) is 5.68. The van der Waals surface area contributed by atoms with Crippen molar-refractivity contribution >= 4 is 34.4 Å². The maximum Gasteiger partial charge on any atom is 0.253 e. The summed E-state index contributed by atoms with van der Waals surface area (Å²) >= 11 is 1.57. The van der Waals surface area contributed by atoms with E-state index in [1.807, 2.05) is 55.6 Å². The zero-order valence-electron chi connectivity index (χ0n) is 21.4. The molecule has 9 heteroatoms. The number of aromatic nitrogens is 4. The van der Waals surface area contributed by atoms with Gasteiger partial charge in [0.1, 0.15) is 5.82 Å². The van der Waals surface area contributed by atoms with E-state index in [0.717, 1.165) is 57.5 Å². The molecular weight excluding hydrogens is 484 g/mol. The summed E-state index contributed by atoms with van der Waals surface area (Å²) in [5.74, 6) is 0.744. The van der Waals surface area contributed by atoms with Gasteiger partial charge in [0.15, 0.2) is 0 Å².